The first-order valence-electron chi connectivity index (χ1n) is 7.13. The van der Waals surface area contributed by atoms with Gasteiger partial charge in [-0.15, -0.1) is 0 Å². The van der Waals surface area contributed by atoms with Crippen LogP contribution >= 0.6 is 0 Å². The molecule has 1 heterocycles. The highest BCUT2D eigenvalue weighted by atomic mass is 19.1. The quantitative estimate of drug-likeness (QED) is 0.772. The summed E-state index contributed by atoms with van der Waals surface area (Å²) >= 11 is 0. The Kier molecular flexibility index (Phi) is 5.25. The molecule has 1 aliphatic rings. The lowest BCUT2D eigenvalue weighted by molar-refractivity contribution is -0.137. The average molecular weight is 326 g/mol. The number of hydrogen-bond acceptors (Lipinski definition) is 3. The third kappa shape index (κ3) is 4.48. The Hall–Kier alpha value is -2.51. The van der Waals surface area contributed by atoms with Crippen LogP contribution in [0.1, 0.15) is 19.3 Å². The second-order valence-corrected chi connectivity index (χ2v) is 5.32. The molecule has 2 N–H and O–H groups in total. The molecular weight excluding hydrogens is 310 g/mol. The summed E-state index contributed by atoms with van der Waals surface area (Å²) in [5.41, 5.74) is 0.0775. The summed E-state index contributed by atoms with van der Waals surface area (Å²) in [5, 5.41) is 11.1. The molecule has 1 saturated heterocycles. The zero-order chi connectivity index (χ0) is 17.0. The topological polar surface area (TPSA) is 86.7 Å². The van der Waals surface area contributed by atoms with E-state index < -0.39 is 23.5 Å². The summed E-state index contributed by atoms with van der Waals surface area (Å²) in [7, 11) is 0. The molecule has 8 heteroatoms. The highest BCUT2D eigenvalue weighted by Crippen LogP contribution is 2.26. The molecule has 0 bridgehead atoms. The van der Waals surface area contributed by atoms with E-state index in [2.05, 4.69) is 5.32 Å². The average Bonchev–Trinajstić information content (AvgIpc) is 2.84. The van der Waals surface area contributed by atoms with E-state index in [0.717, 1.165) is 12.1 Å². The molecule has 23 heavy (non-hydrogen) atoms. The predicted molar refractivity (Wildman–Crippen MR) is 76.7 cm³/mol. The minimum atomic E-state index is -0.949. The van der Waals surface area contributed by atoms with Gasteiger partial charge in [-0.05, 0) is 18.6 Å². The van der Waals surface area contributed by atoms with Crippen molar-refractivity contribution in [1.29, 1.82) is 0 Å². The minimum absolute atomic E-state index is 0.0342. The molecule has 0 aliphatic carbocycles. The molecule has 124 valence electrons. The minimum Gasteiger partial charge on any atom is -0.481 e. The van der Waals surface area contributed by atoms with Gasteiger partial charge in [-0.3, -0.25) is 14.4 Å². The van der Waals surface area contributed by atoms with E-state index in [9.17, 15) is 23.2 Å². The first-order valence-corrected chi connectivity index (χ1v) is 7.13. The third-order valence-corrected chi connectivity index (χ3v) is 3.52. The molecule has 1 fully saturated rings. The van der Waals surface area contributed by atoms with Crippen molar-refractivity contribution in [3.63, 3.8) is 0 Å². The molecule has 0 radical (unpaired) electrons. The summed E-state index contributed by atoms with van der Waals surface area (Å²) < 4.78 is 26.5. The Morgan fingerprint density at radius 3 is 2.52 bits per heavy atom. The van der Waals surface area contributed by atoms with Gasteiger partial charge in [-0.25, -0.2) is 8.78 Å². The molecule has 6 nitrogen and oxygen atoms in total. The Bertz CT molecular complexity index is 616. The summed E-state index contributed by atoms with van der Waals surface area (Å²) in [6.07, 6.45) is 0.183. The van der Waals surface area contributed by atoms with Gasteiger partial charge in [-0.2, -0.15) is 0 Å². The van der Waals surface area contributed by atoms with Crippen molar-refractivity contribution in [3.05, 3.63) is 29.8 Å². The molecule has 0 aromatic heterocycles. The van der Waals surface area contributed by atoms with Gasteiger partial charge in [0.2, 0.25) is 11.8 Å². The Balaban J connectivity index is 1.94. The van der Waals surface area contributed by atoms with Crippen LogP contribution in [0, 0.1) is 17.6 Å². The van der Waals surface area contributed by atoms with Gasteiger partial charge in [0.15, 0.2) is 0 Å². The van der Waals surface area contributed by atoms with E-state index >= 15 is 0 Å². The van der Waals surface area contributed by atoms with E-state index in [4.69, 9.17) is 5.11 Å². The van der Waals surface area contributed by atoms with Crippen molar-refractivity contribution in [2.24, 2.45) is 5.92 Å². The molecule has 1 unspecified atom stereocenters. The zero-order valence-corrected chi connectivity index (χ0v) is 12.2. The molecular formula is C15H16F2N2O4. The Morgan fingerprint density at radius 1 is 1.26 bits per heavy atom. The summed E-state index contributed by atoms with van der Waals surface area (Å²) in [5.74, 6) is -3.93. The number of nitrogens with one attached hydrogen (secondary N) is 1. The van der Waals surface area contributed by atoms with Gasteiger partial charge in [0, 0.05) is 37.7 Å². The predicted octanol–water partition coefficient (Wildman–Crippen LogP) is 1.30. The summed E-state index contributed by atoms with van der Waals surface area (Å²) in [6, 6.07) is 2.78. The molecule has 2 rings (SSSR count). The molecule has 1 aromatic rings. The number of carbonyl (C=O) groups excluding carboxylic acids is 2. The van der Waals surface area contributed by atoms with Crippen LogP contribution in [0.25, 0.3) is 0 Å². The van der Waals surface area contributed by atoms with E-state index in [0.29, 0.717) is 12.5 Å². The zero-order valence-electron chi connectivity index (χ0n) is 12.2. The Morgan fingerprint density at radius 2 is 1.91 bits per heavy atom. The smallest absolute Gasteiger partial charge is 0.303 e. The van der Waals surface area contributed by atoms with Crippen molar-refractivity contribution in [2.75, 3.05) is 18.0 Å². The van der Waals surface area contributed by atoms with E-state index in [1.165, 1.54) is 4.90 Å². The maximum atomic E-state index is 13.2. The van der Waals surface area contributed by atoms with Crippen LogP contribution in [0.5, 0.6) is 0 Å². The van der Waals surface area contributed by atoms with Crippen molar-refractivity contribution in [1.82, 2.24) is 5.32 Å². The number of anilines is 1. The van der Waals surface area contributed by atoms with Gasteiger partial charge >= 0.3 is 5.97 Å². The van der Waals surface area contributed by atoms with Gasteiger partial charge in [0.25, 0.3) is 0 Å². The number of carboxylic acids is 1. The molecule has 0 spiro atoms. The summed E-state index contributed by atoms with van der Waals surface area (Å²) in [6.45, 7) is 0.233. The van der Waals surface area contributed by atoms with Gasteiger partial charge in [0.05, 0.1) is 5.92 Å². The number of aliphatic carboxylic acids is 1. The fourth-order valence-corrected chi connectivity index (χ4v) is 2.42. The first kappa shape index (κ1) is 16.9. The highest BCUT2D eigenvalue weighted by molar-refractivity contribution is 6.00. The van der Waals surface area contributed by atoms with Crippen LogP contribution in [0.2, 0.25) is 0 Å². The third-order valence-electron chi connectivity index (χ3n) is 3.52. The lowest BCUT2D eigenvalue weighted by atomic mass is 10.1. The Labute approximate surface area is 131 Å². The van der Waals surface area contributed by atoms with Gasteiger partial charge in [-0.1, -0.05) is 0 Å². The van der Waals surface area contributed by atoms with Crippen LogP contribution in [0.15, 0.2) is 18.2 Å². The number of nitrogens with zero attached hydrogens (tertiary/aromatic N) is 1. The lowest BCUT2D eigenvalue weighted by Crippen LogP contribution is -2.33. The largest absolute Gasteiger partial charge is 0.481 e. The second kappa shape index (κ2) is 7.17. The molecule has 0 saturated carbocycles. The van der Waals surface area contributed by atoms with Crippen molar-refractivity contribution >= 4 is 23.5 Å². The molecule has 1 aromatic carbocycles. The van der Waals surface area contributed by atoms with Crippen molar-refractivity contribution < 1.29 is 28.3 Å². The van der Waals surface area contributed by atoms with Crippen LogP contribution < -0.4 is 10.2 Å². The van der Waals surface area contributed by atoms with E-state index in [1.54, 1.807) is 0 Å². The number of carbonyl (C=O) groups is 3. The molecule has 1 aliphatic heterocycles. The summed E-state index contributed by atoms with van der Waals surface area (Å²) in [4.78, 5) is 35.5. The maximum absolute atomic E-state index is 13.2. The fraction of sp³-hybridized carbons (Fsp3) is 0.400. The standard InChI is InChI=1S/C15H16F2N2O4/c16-10-5-11(17)7-12(6-10)19-8-9(4-13(19)20)15(23)18-3-1-2-14(21)22/h5-7,9H,1-4,8H2,(H,18,23)(H,21,22). The number of rotatable bonds is 6. The molecule has 2 amide bonds. The number of benzene rings is 1. The highest BCUT2D eigenvalue weighted by Gasteiger charge is 2.35. The van der Waals surface area contributed by atoms with Crippen LogP contribution in [-0.2, 0) is 14.4 Å². The number of halogens is 2. The number of hydrogen-bond donors (Lipinski definition) is 2. The van der Waals surface area contributed by atoms with E-state index in [1.807, 2.05) is 0 Å². The van der Waals surface area contributed by atoms with Crippen LogP contribution in [-0.4, -0.2) is 36.0 Å². The van der Waals surface area contributed by atoms with Crippen molar-refractivity contribution in [2.45, 2.75) is 19.3 Å². The van der Waals surface area contributed by atoms with E-state index in [-0.39, 0.29) is 43.4 Å². The number of carboxylic acid groups (broad SMARTS) is 1. The van der Waals surface area contributed by atoms with Crippen molar-refractivity contribution in [3.8, 4) is 0 Å². The lowest BCUT2D eigenvalue weighted by Gasteiger charge is -2.17. The SMILES string of the molecule is O=C(O)CCCNC(=O)C1CC(=O)N(c2cc(F)cc(F)c2)C1. The first-order chi connectivity index (χ1) is 10.9. The monoisotopic (exact) mass is 326 g/mol. The van der Waals surface area contributed by atoms with Gasteiger partial charge < -0.3 is 15.3 Å². The van der Waals surface area contributed by atoms with Crippen LogP contribution in [0.4, 0.5) is 14.5 Å². The number of amides is 2. The van der Waals surface area contributed by atoms with Gasteiger partial charge in [0.1, 0.15) is 11.6 Å². The second-order valence-electron chi connectivity index (χ2n) is 5.32. The fourth-order valence-electron chi connectivity index (χ4n) is 2.42. The van der Waals surface area contributed by atoms with Crippen LogP contribution in [0.3, 0.4) is 0 Å². The maximum Gasteiger partial charge on any atom is 0.303 e. The molecule has 1 atom stereocenters. The normalized spacial score (nSPS) is 17.4.